The van der Waals surface area contributed by atoms with E-state index in [1.165, 1.54) is 13.4 Å². The second-order valence-electron chi connectivity index (χ2n) is 2.71. The van der Waals surface area contributed by atoms with Crippen LogP contribution in [0.25, 0.3) is 0 Å². The third-order valence-electron chi connectivity index (χ3n) is 1.74. The minimum Gasteiger partial charge on any atom is -0.398 e. The van der Waals surface area contributed by atoms with E-state index in [-0.39, 0.29) is 5.91 Å². The molecular weight excluding hydrogens is 180 g/mol. The first-order valence-electron chi connectivity index (χ1n) is 4.17. The molecule has 0 aromatic heterocycles. The number of nitrogens with zero attached hydrogens (tertiary/aromatic N) is 1. The molecule has 0 aliphatic rings. The maximum Gasteiger partial charge on any atom is 0.256 e. The van der Waals surface area contributed by atoms with Gasteiger partial charge >= 0.3 is 0 Å². The van der Waals surface area contributed by atoms with Crippen molar-refractivity contribution in [3.05, 3.63) is 35.4 Å². The molecule has 4 heteroatoms. The van der Waals surface area contributed by atoms with Crippen molar-refractivity contribution in [3.63, 3.8) is 0 Å². The lowest BCUT2D eigenvalue weighted by Gasteiger charge is -2.02. The van der Waals surface area contributed by atoms with Crippen LogP contribution in [0.4, 0.5) is 0 Å². The maximum atomic E-state index is 11.5. The molecule has 0 spiro atoms. The summed E-state index contributed by atoms with van der Waals surface area (Å²) in [6, 6.07) is 7.33. The standard InChI is InChI=1S/C10H12N2O2/c1-8-5-3-4-6-9(8)10(13)11-7-12-14-2/h3-7H,1-2H3,(H,11,12,13). The second kappa shape index (κ2) is 5.01. The number of nitrogens with one attached hydrogen (secondary N) is 1. The lowest BCUT2D eigenvalue weighted by atomic mass is 10.1. The molecule has 0 bridgehead atoms. The molecule has 0 saturated heterocycles. The first kappa shape index (κ1) is 10.2. The van der Waals surface area contributed by atoms with Crippen LogP contribution in [-0.4, -0.2) is 19.4 Å². The normalized spacial score (nSPS) is 10.1. The Labute approximate surface area is 82.6 Å². The third kappa shape index (κ3) is 2.58. The van der Waals surface area contributed by atoms with Gasteiger partial charge in [-0.15, -0.1) is 0 Å². The van der Waals surface area contributed by atoms with Gasteiger partial charge in [-0.1, -0.05) is 23.4 Å². The molecule has 1 aromatic rings. The Morgan fingerprint density at radius 2 is 2.21 bits per heavy atom. The van der Waals surface area contributed by atoms with Crippen LogP contribution in [-0.2, 0) is 4.84 Å². The molecule has 1 rings (SSSR count). The van der Waals surface area contributed by atoms with Crippen molar-refractivity contribution in [1.29, 1.82) is 0 Å². The minimum atomic E-state index is -0.191. The Morgan fingerprint density at radius 3 is 2.86 bits per heavy atom. The summed E-state index contributed by atoms with van der Waals surface area (Å²) in [4.78, 5) is 15.9. The van der Waals surface area contributed by atoms with Crippen LogP contribution in [0.3, 0.4) is 0 Å². The summed E-state index contributed by atoms with van der Waals surface area (Å²) in [6.07, 6.45) is 1.22. The zero-order valence-electron chi connectivity index (χ0n) is 8.15. The van der Waals surface area contributed by atoms with Gasteiger partial charge in [-0.2, -0.15) is 0 Å². The van der Waals surface area contributed by atoms with Crippen LogP contribution >= 0.6 is 0 Å². The first-order chi connectivity index (χ1) is 6.75. The van der Waals surface area contributed by atoms with Gasteiger partial charge in [0.15, 0.2) is 0 Å². The van der Waals surface area contributed by atoms with E-state index in [9.17, 15) is 4.79 Å². The summed E-state index contributed by atoms with van der Waals surface area (Å²) >= 11 is 0. The lowest BCUT2D eigenvalue weighted by Crippen LogP contribution is -2.22. The van der Waals surface area contributed by atoms with E-state index in [4.69, 9.17) is 0 Å². The van der Waals surface area contributed by atoms with Gasteiger partial charge in [0.25, 0.3) is 5.91 Å². The molecule has 0 aliphatic carbocycles. The van der Waals surface area contributed by atoms with Crippen LogP contribution in [0, 0.1) is 6.92 Å². The quantitative estimate of drug-likeness (QED) is 0.446. The van der Waals surface area contributed by atoms with Crippen molar-refractivity contribution in [1.82, 2.24) is 5.32 Å². The molecule has 0 heterocycles. The largest absolute Gasteiger partial charge is 0.398 e. The number of benzene rings is 1. The summed E-state index contributed by atoms with van der Waals surface area (Å²) < 4.78 is 0. The highest BCUT2D eigenvalue weighted by Crippen LogP contribution is 2.05. The van der Waals surface area contributed by atoms with Gasteiger partial charge < -0.3 is 10.2 Å². The van der Waals surface area contributed by atoms with E-state index >= 15 is 0 Å². The zero-order valence-corrected chi connectivity index (χ0v) is 8.15. The van der Waals surface area contributed by atoms with Crippen molar-refractivity contribution < 1.29 is 9.63 Å². The highest BCUT2D eigenvalue weighted by molar-refractivity contribution is 6.01. The average Bonchev–Trinajstić information content (AvgIpc) is 2.18. The van der Waals surface area contributed by atoms with Crippen molar-refractivity contribution in [3.8, 4) is 0 Å². The predicted molar refractivity (Wildman–Crippen MR) is 54.1 cm³/mol. The molecule has 74 valence electrons. The topological polar surface area (TPSA) is 50.7 Å². The van der Waals surface area contributed by atoms with E-state index in [1.807, 2.05) is 25.1 Å². The van der Waals surface area contributed by atoms with Crippen molar-refractivity contribution >= 4 is 12.2 Å². The monoisotopic (exact) mass is 192 g/mol. The van der Waals surface area contributed by atoms with Crippen molar-refractivity contribution in [2.75, 3.05) is 7.11 Å². The van der Waals surface area contributed by atoms with E-state index in [2.05, 4.69) is 15.3 Å². The first-order valence-corrected chi connectivity index (χ1v) is 4.17. The van der Waals surface area contributed by atoms with Gasteiger partial charge in [0.05, 0.1) is 0 Å². The molecule has 0 aliphatic heterocycles. The Bertz CT molecular complexity index is 348. The van der Waals surface area contributed by atoms with Crippen molar-refractivity contribution in [2.45, 2.75) is 6.92 Å². The predicted octanol–water partition coefficient (Wildman–Crippen LogP) is 1.31. The summed E-state index contributed by atoms with van der Waals surface area (Å²) in [5, 5.41) is 5.90. The van der Waals surface area contributed by atoms with E-state index in [0.717, 1.165) is 5.56 Å². The number of carbonyl (C=O) groups is 1. The second-order valence-corrected chi connectivity index (χ2v) is 2.71. The maximum absolute atomic E-state index is 11.5. The highest BCUT2D eigenvalue weighted by atomic mass is 16.6. The van der Waals surface area contributed by atoms with Crippen LogP contribution in [0.2, 0.25) is 0 Å². The molecule has 1 N–H and O–H groups in total. The van der Waals surface area contributed by atoms with Gasteiger partial charge in [-0.05, 0) is 18.6 Å². The fraction of sp³-hybridized carbons (Fsp3) is 0.200. The molecule has 1 aromatic carbocycles. The van der Waals surface area contributed by atoms with Crippen LogP contribution in [0.1, 0.15) is 15.9 Å². The molecule has 0 atom stereocenters. The average molecular weight is 192 g/mol. The Hall–Kier alpha value is -1.84. The zero-order chi connectivity index (χ0) is 10.4. The molecule has 0 fully saturated rings. The number of aryl methyl sites for hydroxylation is 1. The molecule has 0 radical (unpaired) electrons. The molecule has 4 nitrogen and oxygen atoms in total. The number of amides is 1. The number of hydrogen-bond donors (Lipinski definition) is 1. The van der Waals surface area contributed by atoms with Gasteiger partial charge in [0, 0.05) is 5.56 Å². The summed E-state index contributed by atoms with van der Waals surface area (Å²) in [6.45, 7) is 1.88. The van der Waals surface area contributed by atoms with Gasteiger partial charge in [0.2, 0.25) is 0 Å². The number of rotatable bonds is 3. The summed E-state index contributed by atoms with van der Waals surface area (Å²) in [7, 11) is 1.41. The van der Waals surface area contributed by atoms with Crippen LogP contribution in [0.5, 0.6) is 0 Å². The molecule has 0 saturated carbocycles. The van der Waals surface area contributed by atoms with E-state index in [1.54, 1.807) is 6.07 Å². The SMILES string of the molecule is CON=CNC(=O)c1ccccc1C. The van der Waals surface area contributed by atoms with Crippen molar-refractivity contribution in [2.24, 2.45) is 5.16 Å². The Morgan fingerprint density at radius 1 is 1.50 bits per heavy atom. The van der Waals surface area contributed by atoms with Gasteiger partial charge in [-0.3, -0.25) is 4.79 Å². The van der Waals surface area contributed by atoms with Gasteiger partial charge in [-0.25, -0.2) is 0 Å². The highest BCUT2D eigenvalue weighted by Gasteiger charge is 2.05. The third-order valence-corrected chi connectivity index (χ3v) is 1.74. The van der Waals surface area contributed by atoms with E-state index < -0.39 is 0 Å². The Kier molecular flexibility index (Phi) is 3.67. The number of oxime groups is 1. The molecular formula is C10H12N2O2. The summed E-state index contributed by atoms with van der Waals surface area (Å²) in [5.74, 6) is -0.191. The Balaban J connectivity index is 2.70. The number of carbonyl (C=O) groups excluding carboxylic acids is 1. The molecule has 1 amide bonds. The molecule has 14 heavy (non-hydrogen) atoms. The van der Waals surface area contributed by atoms with Crippen LogP contribution < -0.4 is 5.32 Å². The van der Waals surface area contributed by atoms with Gasteiger partial charge in [0.1, 0.15) is 13.4 Å². The van der Waals surface area contributed by atoms with Crippen LogP contribution in [0.15, 0.2) is 29.4 Å². The fourth-order valence-corrected chi connectivity index (χ4v) is 1.04. The fourth-order valence-electron chi connectivity index (χ4n) is 1.04. The summed E-state index contributed by atoms with van der Waals surface area (Å²) in [5.41, 5.74) is 1.56. The molecule has 0 unspecified atom stereocenters. The minimum absolute atomic E-state index is 0.191. The lowest BCUT2D eigenvalue weighted by molar-refractivity contribution is 0.0975. The number of hydrogen-bond acceptors (Lipinski definition) is 3. The van der Waals surface area contributed by atoms with E-state index in [0.29, 0.717) is 5.56 Å². The smallest absolute Gasteiger partial charge is 0.256 e.